The predicted molar refractivity (Wildman–Crippen MR) is 209 cm³/mol. The maximum absolute atomic E-state index is 12.4. The lowest BCUT2D eigenvalue weighted by molar-refractivity contribution is -0.150. The standard InChI is InChI=1S/2C19H32O7S.H2O/c2*1-13-9-7-5-3-2-4-6-8-10-14(20)15(21)11-17(19(25)26-13)27-12-16(22)18(23)24;/h2*13-14,16-17,20,22H,2-12H2,1H3,(H,23,24);1H2/t2*13-,14+,16-,17+;/m11./s1. The van der Waals surface area contributed by atoms with Crippen LogP contribution in [0, 0.1) is 0 Å². The number of ether oxygens (including phenoxy) is 2. The summed E-state index contributed by atoms with van der Waals surface area (Å²) in [5, 5.41) is 54.7. The van der Waals surface area contributed by atoms with Gasteiger partial charge in [-0.05, 0) is 52.4 Å². The van der Waals surface area contributed by atoms with E-state index in [1.807, 2.05) is 0 Å². The third kappa shape index (κ3) is 24.9. The molecule has 0 saturated carbocycles. The topological polar surface area (TPSA) is 274 Å². The van der Waals surface area contributed by atoms with Gasteiger partial charge in [0.2, 0.25) is 0 Å². The van der Waals surface area contributed by atoms with Gasteiger partial charge in [-0.25, -0.2) is 9.59 Å². The molecule has 0 bridgehead atoms. The molecule has 8 N–H and O–H groups in total. The number of aliphatic hydroxyl groups is 4. The number of hydrogen-bond acceptors (Lipinski definition) is 14. The number of carbonyl (C=O) groups excluding carboxylic acids is 4. The lowest BCUT2D eigenvalue weighted by Crippen LogP contribution is -2.33. The largest absolute Gasteiger partial charge is 0.479 e. The van der Waals surface area contributed by atoms with Crippen LogP contribution in [0.5, 0.6) is 0 Å². The van der Waals surface area contributed by atoms with Crippen molar-refractivity contribution in [1.29, 1.82) is 0 Å². The molecule has 2 heterocycles. The second-order valence-electron chi connectivity index (χ2n) is 14.3. The lowest BCUT2D eigenvalue weighted by Gasteiger charge is -2.21. The summed E-state index contributed by atoms with van der Waals surface area (Å²) >= 11 is 1.76. The monoisotopic (exact) mass is 826 g/mol. The van der Waals surface area contributed by atoms with Gasteiger partial charge < -0.3 is 45.6 Å². The van der Waals surface area contributed by atoms with Gasteiger partial charge >= 0.3 is 23.9 Å². The molecule has 0 amide bonds. The molecular weight excluding hydrogens is 761 g/mol. The third-order valence-corrected chi connectivity index (χ3v) is 11.9. The Morgan fingerprint density at radius 3 is 1.13 bits per heavy atom. The van der Waals surface area contributed by atoms with Crippen LogP contribution in [0.2, 0.25) is 0 Å². The summed E-state index contributed by atoms with van der Waals surface area (Å²) < 4.78 is 10.8. The zero-order valence-corrected chi connectivity index (χ0v) is 34.1. The predicted octanol–water partition coefficient (Wildman–Crippen LogP) is 3.80. The molecule has 55 heavy (non-hydrogen) atoms. The maximum Gasteiger partial charge on any atom is 0.333 e. The normalized spacial score (nSPS) is 27.8. The van der Waals surface area contributed by atoms with Gasteiger partial charge in [0, 0.05) is 24.3 Å². The number of Topliss-reactive ketones (excluding diaryl/α,β-unsaturated/α-hetero) is 2. The number of esters is 2. The van der Waals surface area contributed by atoms with E-state index in [0.717, 1.165) is 126 Å². The van der Waals surface area contributed by atoms with E-state index in [0.29, 0.717) is 12.8 Å². The van der Waals surface area contributed by atoms with Gasteiger partial charge in [0.05, 0.1) is 12.2 Å². The minimum absolute atomic E-state index is 0. The Kier molecular flexibility index (Phi) is 29.5. The molecule has 8 atom stereocenters. The van der Waals surface area contributed by atoms with Gasteiger partial charge in [-0.1, -0.05) is 77.0 Å². The van der Waals surface area contributed by atoms with Crippen LogP contribution in [-0.4, -0.2) is 130 Å². The van der Waals surface area contributed by atoms with E-state index < -0.39 is 70.4 Å². The molecule has 15 nitrogen and oxygen atoms in total. The highest BCUT2D eigenvalue weighted by atomic mass is 32.2. The number of cyclic esters (lactones) is 2. The number of hydrogen-bond donors (Lipinski definition) is 6. The summed E-state index contributed by atoms with van der Waals surface area (Å²) in [4.78, 5) is 71.0. The molecule has 2 aliphatic heterocycles. The van der Waals surface area contributed by atoms with Gasteiger partial charge in [0.25, 0.3) is 0 Å². The van der Waals surface area contributed by atoms with E-state index in [9.17, 15) is 49.2 Å². The van der Waals surface area contributed by atoms with Crippen LogP contribution >= 0.6 is 23.5 Å². The summed E-state index contributed by atoms with van der Waals surface area (Å²) in [6, 6.07) is 0. The summed E-state index contributed by atoms with van der Waals surface area (Å²) in [5.41, 5.74) is 0. The molecule has 2 fully saturated rings. The van der Waals surface area contributed by atoms with Crippen molar-refractivity contribution in [2.75, 3.05) is 11.5 Å². The number of aliphatic carboxylic acids is 2. The van der Waals surface area contributed by atoms with Crippen molar-refractivity contribution in [3.8, 4) is 0 Å². The first kappa shape index (κ1) is 52.7. The minimum Gasteiger partial charge on any atom is -0.479 e. The Hall–Kier alpha value is -2.28. The first-order chi connectivity index (χ1) is 25.6. The Bertz CT molecular complexity index is 1050. The molecule has 0 radical (unpaired) electrons. The van der Waals surface area contributed by atoms with E-state index in [-0.39, 0.29) is 42.0 Å². The quantitative estimate of drug-likeness (QED) is 0.190. The van der Waals surface area contributed by atoms with E-state index in [1.54, 1.807) is 13.8 Å². The van der Waals surface area contributed by atoms with Crippen LogP contribution in [0.3, 0.4) is 0 Å². The maximum atomic E-state index is 12.4. The highest BCUT2D eigenvalue weighted by Crippen LogP contribution is 2.24. The number of carboxylic acids is 2. The van der Waals surface area contributed by atoms with E-state index in [4.69, 9.17) is 19.7 Å². The van der Waals surface area contributed by atoms with E-state index in [2.05, 4.69) is 0 Å². The molecule has 320 valence electrons. The highest BCUT2D eigenvalue weighted by molar-refractivity contribution is 8.00. The van der Waals surface area contributed by atoms with Gasteiger partial charge in [-0.3, -0.25) is 19.2 Å². The molecule has 0 unspecified atom stereocenters. The van der Waals surface area contributed by atoms with E-state index >= 15 is 0 Å². The molecule has 2 aliphatic rings. The molecule has 0 aromatic heterocycles. The summed E-state index contributed by atoms with van der Waals surface area (Å²) in [6.45, 7) is 3.59. The first-order valence-electron chi connectivity index (χ1n) is 19.5. The average molecular weight is 827 g/mol. The Labute approximate surface area is 333 Å². The van der Waals surface area contributed by atoms with Crippen molar-refractivity contribution in [3.63, 3.8) is 0 Å². The summed E-state index contributed by atoms with van der Waals surface area (Å²) in [7, 11) is 0. The Morgan fingerprint density at radius 2 is 0.836 bits per heavy atom. The SMILES string of the molecule is C[C@@H]1CCCCCCCCC[C@H](O)C(=O)C[C@H](SC[C@@H](O)C(=O)O)C(=O)O1.C[C@@H]1CCCCCCCCC[C@H](O)C(=O)C[C@H](SC[C@@H](O)C(=O)O)C(=O)O1.O. The van der Waals surface area contributed by atoms with Gasteiger partial charge in [0.15, 0.2) is 23.8 Å². The minimum atomic E-state index is -1.62. The average Bonchev–Trinajstić information content (AvgIpc) is 3.11. The van der Waals surface area contributed by atoms with Crippen molar-refractivity contribution in [3.05, 3.63) is 0 Å². The van der Waals surface area contributed by atoms with Crippen molar-refractivity contribution < 1.29 is 74.4 Å². The smallest absolute Gasteiger partial charge is 0.333 e. The first-order valence-corrected chi connectivity index (χ1v) is 21.6. The Morgan fingerprint density at radius 1 is 0.564 bits per heavy atom. The molecule has 0 aromatic rings. The fourth-order valence-corrected chi connectivity index (χ4v) is 7.97. The molecule has 0 aromatic carbocycles. The summed E-state index contributed by atoms with van der Waals surface area (Å²) in [6.07, 6.45) is 9.79. The van der Waals surface area contributed by atoms with Crippen molar-refractivity contribution in [2.24, 2.45) is 0 Å². The number of aliphatic hydroxyl groups excluding tert-OH is 4. The number of ketones is 2. The number of carbonyl (C=O) groups is 6. The van der Waals surface area contributed by atoms with Crippen molar-refractivity contribution in [2.45, 2.75) is 189 Å². The molecule has 0 aliphatic carbocycles. The van der Waals surface area contributed by atoms with Crippen molar-refractivity contribution >= 4 is 59.0 Å². The van der Waals surface area contributed by atoms with Gasteiger partial charge in [-0.15, -0.1) is 23.5 Å². The highest BCUT2D eigenvalue weighted by Gasteiger charge is 2.31. The fraction of sp³-hybridized carbons (Fsp3) is 0.842. The van der Waals surface area contributed by atoms with Crippen LogP contribution in [0.15, 0.2) is 0 Å². The second kappa shape index (κ2) is 30.8. The van der Waals surface area contributed by atoms with Crippen molar-refractivity contribution in [1.82, 2.24) is 0 Å². The molecule has 17 heteroatoms. The van der Waals surface area contributed by atoms with Gasteiger partial charge in [-0.2, -0.15) is 0 Å². The van der Waals surface area contributed by atoms with Crippen LogP contribution in [0.25, 0.3) is 0 Å². The van der Waals surface area contributed by atoms with Crippen LogP contribution < -0.4 is 0 Å². The zero-order chi connectivity index (χ0) is 40.5. The number of rotatable bonds is 8. The van der Waals surface area contributed by atoms with Crippen LogP contribution in [0.4, 0.5) is 0 Å². The van der Waals surface area contributed by atoms with Crippen LogP contribution in [-0.2, 0) is 38.2 Å². The van der Waals surface area contributed by atoms with E-state index in [1.165, 1.54) is 0 Å². The molecule has 2 rings (SSSR count). The number of carboxylic acid groups (broad SMARTS) is 2. The molecular formula is C38H66O15S2. The second-order valence-corrected chi connectivity index (χ2v) is 16.8. The fourth-order valence-electron chi connectivity index (χ4n) is 5.91. The van der Waals surface area contributed by atoms with Crippen LogP contribution in [0.1, 0.15) is 142 Å². The summed E-state index contributed by atoms with van der Waals surface area (Å²) in [5.74, 6) is -5.33. The van der Waals surface area contributed by atoms with Gasteiger partial charge in [0.1, 0.15) is 22.7 Å². The number of thioether (sulfide) groups is 2. The Balaban J connectivity index is 0.00000104. The third-order valence-electron chi connectivity index (χ3n) is 9.33. The molecule has 0 spiro atoms. The molecule has 2 saturated heterocycles. The zero-order valence-electron chi connectivity index (χ0n) is 32.4. The lowest BCUT2D eigenvalue weighted by atomic mass is 10.0.